The number of hydrogen-bond acceptors (Lipinski definition) is 7. The molecule has 2 aromatic rings. The number of nitro benzene ring substituents is 2. The molecule has 1 aliphatic rings. The molecule has 0 bridgehead atoms. The summed E-state index contributed by atoms with van der Waals surface area (Å²) < 4.78 is 26.7. The van der Waals surface area contributed by atoms with Gasteiger partial charge in [0.05, 0.1) is 15.6 Å². The van der Waals surface area contributed by atoms with Crippen LogP contribution in [0, 0.1) is 20.2 Å². The molecule has 0 spiro atoms. The van der Waals surface area contributed by atoms with Crippen LogP contribution in [0.5, 0.6) is 0 Å². The Hall–Kier alpha value is -2.89. The van der Waals surface area contributed by atoms with Crippen LogP contribution in [0.25, 0.3) is 0 Å². The Bertz CT molecular complexity index is 1000. The molecule has 0 aliphatic carbocycles. The van der Waals surface area contributed by atoms with Gasteiger partial charge in [-0.2, -0.15) is 4.31 Å². The molecule has 0 saturated carbocycles. The Labute approximate surface area is 167 Å². The highest BCUT2D eigenvalue weighted by Crippen LogP contribution is 2.19. The molecule has 2 aromatic carbocycles. The molecule has 1 heterocycles. The second-order valence-corrected chi connectivity index (χ2v) is 8.75. The molecular formula is C18H20N4O6S. The van der Waals surface area contributed by atoms with E-state index in [9.17, 15) is 28.6 Å². The maximum Gasteiger partial charge on any atom is 0.269 e. The molecule has 29 heavy (non-hydrogen) atoms. The van der Waals surface area contributed by atoms with Crippen molar-refractivity contribution in [2.24, 2.45) is 0 Å². The molecule has 11 heteroatoms. The van der Waals surface area contributed by atoms with Crippen LogP contribution in [0.4, 0.5) is 11.4 Å². The van der Waals surface area contributed by atoms with E-state index in [1.165, 1.54) is 40.7 Å². The van der Waals surface area contributed by atoms with E-state index in [0.717, 1.165) is 5.56 Å². The zero-order valence-electron chi connectivity index (χ0n) is 15.5. The molecule has 1 saturated heterocycles. The van der Waals surface area contributed by atoms with E-state index in [1.54, 1.807) is 6.07 Å². The van der Waals surface area contributed by atoms with E-state index in [1.807, 2.05) is 6.07 Å². The third-order valence-corrected chi connectivity index (χ3v) is 6.60. The summed E-state index contributed by atoms with van der Waals surface area (Å²) in [5.74, 6) is -0.212. The van der Waals surface area contributed by atoms with Crippen LogP contribution in [0.15, 0.2) is 48.5 Å². The van der Waals surface area contributed by atoms with E-state index in [-0.39, 0.29) is 17.1 Å². The van der Waals surface area contributed by atoms with Gasteiger partial charge in [0.15, 0.2) is 0 Å². The first-order valence-corrected chi connectivity index (χ1v) is 10.5. The van der Waals surface area contributed by atoms with Gasteiger partial charge < -0.3 is 0 Å². The monoisotopic (exact) mass is 420 g/mol. The lowest BCUT2D eigenvalue weighted by molar-refractivity contribution is -0.385. The molecule has 0 aromatic heterocycles. The highest BCUT2D eigenvalue weighted by Gasteiger charge is 2.27. The second-order valence-electron chi connectivity index (χ2n) is 6.78. The first kappa shape index (κ1) is 20.8. The van der Waals surface area contributed by atoms with Crippen LogP contribution in [-0.4, -0.2) is 53.6 Å². The van der Waals surface area contributed by atoms with Crippen molar-refractivity contribution in [3.8, 4) is 0 Å². The molecule has 1 aliphatic heterocycles. The highest BCUT2D eigenvalue weighted by molar-refractivity contribution is 7.88. The summed E-state index contributed by atoms with van der Waals surface area (Å²) in [6.45, 7) is 2.19. The van der Waals surface area contributed by atoms with Crippen LogP contribution in [0.1, 0.15) is 11.1 Å². The van der Waals surface area contributed by atoms with Crippen LogP contribution >= 0.6 is 0 Å². The lowest BCUT2D eigenvalue weighted by atomic mass is 10.2. The smallest absolute Gasteiger partial charge is 0.269 e. The molecule has 0 atom stereocenters. The van der Waals surface area contributed by atoms with Crippen molar-refractivity contribution in [2.75, 3.05) is 26.2 Å². The third-order valence-electron chi connectivity index (χ3n) is 4.75. The number of rotatable bonds is 7. The first-order chi connectivity index (χ1) is 13.7. The number of hydrogen-bond donors (Lipinski definition) is 0. The van der Waals surface area contributed by atoms with Gasteiger partial charge in [-0.1, -0.05) is 24.3 Å². The van der Waals surface area contributed by atoms with Crippen molar-refractivity contribution in [2.45, 2.75) is 12.3 Å². The fraction of sp³-hybridized carbons (Fsp3) is 0.333. The van der Waals surface area contributed by atoms with Crippen molar-refractivity contribution in [3.05, 3.63) is 79.9 Å². The van der Waals surface area contributed by atoms with Gasteiger partial charge in [-0.05, 0) is 11.1 Å². The van der Waals surface area contributed by atoms with Gasteiger partial charge in [0.25, 0.3) is 11.4 Å². The predicted octanol–water partition coefficient (Wildman–Crippen LogP) is 2.15. The fourth-order valence-electron chi connectivity index (χ4n) is 3.21. The van der Waals surface area contributed by atoms with Gasteiger partial charge in [-0.15, -0.1) is 0 Å². The average Bonchev–Trinajstić information content (AvgIpc) is 2.69. The minimum absolute atomic E-state index is 0.0341. The predicted molar refractivity (Wildman–Crippen MR) is 106 cm³/mol. The quantitative estimate of drug-likeness (QED) is 0.496. The lowest BCUT2D eigenvalue weighted by Gasteiger charge is -2.34. The molecule has 1 fully saturated rings. The number of benzene rings is 2. The van der Waals surface area contributed by atoms with Gasteiger partial charge in [-0.3, -0.25) is 25.1 Å². The number of non-ortho nitro benzene ring substituents is 2. The van der Waals surface area contributed by atoms with E-state index in [2.05, 4.69) is 4.90 Å². The summed E-state index contributed by atoms with van der Waals surface area (Å²) in [5, 5.41) is 21.6. The maximum atomic E-state index is 12.7. The maximum absolute atomic E-state index is 12.7. The molecule has 10 nitrogen and oxygen atoms in total. The summed E-state index contributed by atoms with van der Waals surface area (Å²) in [6, 6.07) is 11.9. The van der Waals surface area contributed by atoms with Gasteiger partial charge in [0.1, 0.15) is 0 Å². The molecule has 3 rings (SSSR count). The standard InChI is InChI=1S/C18H20N4O6S/c23-21(24)17-6-4-15(5-7-17)14-29(27,28)20-10-8-19(9-11-20)13-16-2-1-3-18(12-16)22(25)26/h1-7,12H,8-11,13-14H2. The van der Waals surface area contributed by atoms with Gasteiger partial charge >= 0.3 is 0 Å². The summed E-state index contributed by atoms with van der Waals surface area (Å²) in [4.78, 5) is 22.7. The van der Waals surface area contributed by atoms with Crippen LogP contribution < -0.4 is 0 Å². The summed E-state index contributed by atoms with van der Waals surface area (Å²) in [7, 11) is -3.54. The van der Waals surface area contributed by atoms with Crippen LogP contribution in [0.2, 0.25) is 0 Å². The molecule has 0 amide bonds. The Kier molecular flexibility index (Phi) is 6.20. The van der Waals surface area contributed by atoms with E-state index >= 15 is 0 Å². The fourth-order valence-corrected chi connectivity index (χ4v) is 4.72. The number of sulfonamides is 1. The largest absolute Gasteiger partial charge is 0.296 e. The summed E-state index contributed by atoms with van der Waals surface area (Å²) >= 11 is 0. The molecule has 0 N–H and O–H groups in total. The SMILES string of the molecule is O=[N+]([O-])c1ccc(CS(=O)(=O)N2CCN(Cc3cccc([N+](=O)[O-])c3)CC2)cc1. The van der Waals surface area contributed by atoms with Crippen molar-refractivity contribution in [1.29, 1.82) is 0 Å². The Morgan fingerprint density at radius 2 is 1.45 bits per heavy atom. The number of nitrogens with zero attached hydrogens (tertiary/aromatic N) is 4. The van der Waals surface area contributed by atoms with Gasteiger partial charge in [-0.25, -0.2) is 8.42 Å². The first-order valence-electron chi connectivity index (χ1n) is 8.91. The van der Waals surface area contributed by atoms with Crippen molar-refractivity contribution >= 4 is 21.4 Å². The highest BCUT2D eigenvalue weighted by atomic mass is 32.2. The molecular weight excluding hydrogens is 400 g/mol. The zero-order chi connectivity index (χ0) is 21.0. The van der Waals surface area contributed by atoms with Crippen LogP contribution in [0.3, 0.4) is 0 Å². The normalized spacial score (nSPS) is 15.9. The summed E-state index contributed by atoms with van der Waals surface area (Å²) in [6.07, 6.45) is 0. The Morgan fingerprint density at radius 1 is 0.828 bits per heavy atom. The molecule has 0 unspecified atom stereocenters. The number of nitro groups is 2. The summed E-state index contributed by atoms with van der Waals surface area (Å²) in [5.41, 5.74) is 1.25. The topological polar surface area (TPSA) is 127 Å². The zero-order valence-corrected chi connectivity index (χ0v) is 16.3. The third kappa shape index (κ3) is 5.34. The Morgan fingerprint density at radius 3 is 2.03 bits per heavy atom. The lowest BCUT2D eigenvalue weighted by Crippen LogP contribution is -2.48. The van der Waals surface area contributed by atoms with E-state index in [4.69, 9.17) is 0 Å². The Balaban J connectivity index is 1.57. The minimum atomic E-state index is -3.54. The van der Waals surface area contributed by atoms with E-state index in [0.29, 0.717) is 38.3 Å². The van der Waals surface area contributed by atoms with Gasteiger partial charge in [0.2, 0.25) is 10.0 Å². The van der Waals surface area contributed by atoms with Crippen LogP contribution in [-0.2, 0) is 22.3 Å². The van der Waals surface area contributed by atoms with Gasteiger partial charge in [0, 0.05) is 57.0 Å². The minimum Gasteiger partial charge on any atom is -0.296 e. The molecule has 0 radical (unpaired) electrons. The van der Waals surface area contributed by atoms with Crippen molar-refractivity contribution in [1.82, 2.24) is 9.21 Å². The average molecular weight is 420 g/mol. The number of piperazine rings is 1. The van der Waals surface area contributed by atoms with E-state index < -0.39 is 19.9 Å². The van der Waals surface area contributed by atoms with Crippen molar-refractivity contribution in [3.63, 3.8) is 0 Å². The van der Waals surface area contributed by atoms with Crippen molar-refractivity contribution < 1.29 is 18.3 Å². The second kappa shape index (κ2) is 8.64. The molecule has 154 valence electrons.